The summed E-state index contributed by atoms with van der Waals surface area (Å²) in [5, 5.41) is 30.1. The van der Waals surface area contributed by atoms with Crippen molar-refractivity contribution in [2.45, 2.75) is 212 Å². The highest BCUT2D eigenvalue weighted by Crippen LogP contribution is 2.52. The normalized spacial score (nSPS) is 18.2. The molecule has 4 unspecified atom stereocenters. The minimum Gasteiger partial charge on any atom is -0.494 e. The van der Waals surface area contributed by atoms with Gasteiger partial charge in [-0.15, -0.1) is 11.8 Å². The number of carboxylic acids is 1. The summed E-state index contributed by atoms with van der Waals surface area (Å²) in [5.74, 6) is -8.04. The van der Waals surface area contributed by atoms with Gasteiger partial charge in [0.1, 0.15) is 30.8 Å². The topological polar surface area (TPSA) is 441 Å². The van der Waals surface area contributed by atoms with Gasteiger partial charge in [-0.05, 0) is 118 Å². The van der Waals surface area contributed by atoms with E-state index in [2.05, 4.69) is 42.5 Å². The molecule has 11 N–H and O–H groups in total. The maximum Gasteiger partial charge on any atom is 0.407 e. The number of thioether (sulfide) groups is 1. The first-order valence-corrected chi connectivity index (χ1v) is 39.7. The molecule has 0 spiro atoms. The molecule has 12 atom stereocenters. The number of halogens is 1. The van der Waals surface area contributed by atoms with Crippen molar-refractivity contribution in [1.82, 2.24) is 56.8 Å². The molecule has 1 saturated carbocycles. The SMILES string of the molecule is CC[C@H](C)C(C(CC(=O)N1C[C@@H](OC(=O)NCCNC(=O)OCc2ccc(NC(=O)[C@H](CCCNC(N)=O)NC(=O)[C@@H](NC(=O)CCCCCN3C(=O)CC(SCC4(CC(=O)O)CC4)C3=O)C(C)C)cc2)C[C@H]1[C@H](OC)[C@@H](C)C(=O)NCC(=O)c1ccc(OC)c(F)c1)OC)N(C)C(=O)[C@@H](NC(=O)C(C(C)C)N(C)C)C(C)C. The first kappa shape index (κ1) is 94.4. The maximum atomic E-state index is 15.0. The first-order valence-electron chi connectivity index (χ1n) is 38.7. The van der Waals surface area contributed by atoms with Crippen LogP contribution in [0.3, 0.4) is 0 Å². The van der Waals surface area contributed by atoms with Crippen LogP contribution in [0.1, 0.15) is 162 Å². The van der Waals surface area contributed by atoms with Crippen LogP contribution in [-0.4, -0.2) is 255 Å². The third-order valence-corrected chi connectivity index (χ3v) is 22.4. The predicted octanol–water partition coefficient (Wildman–Crippen LogP) is 5.10. The van der Waals surface area contributed by atoms with Gasteiger partial charge in [0.2, 0.25) is 53.2 Å². The van der Waals surface area contributed by atoms with E-state index in [0.717, 1.165) is 18.9 Å². The fourth-order valence-corrected chi connectivity index (χ4v) is 15.6. The molecule has 2 saturated heterocycles. The number of hydrogen-bond donors (Lipinski definition) is 10. The number of methoxy groups -OCH3 is 3. The Morgan fingerprint density at radius 1 is 0.743 bits per heavy atom. The molecule has 0 radical (unpaired) electrons. The summed E-state index contributed by atoms with van der Waals surface area (Å²) in [4.78, 5) is 192. The summed E-state index contributed by atoms with van der Waals surface area (Å²) in [6.45, 7) is 15.4. The lowest BCUT2D eigenvalue weighted by molar-refractivity contribution is -0.148. The van der Waals surface area contributed by atoms with Crippen molar-refractivity contribution in [3.8, 4) is 5.75 Å². The van der Waals surface area contributed by atoms with Crippen molar-refractivity contribution in [2.24, 2.45) is 40.7 Å². The lowest BCUT2D eigenvalue weighted by Gasteiger charge is -2.41. The van der Waals surface area contributed by atoms with Crippen LogP contribution >= 0.6 is 11.8 Å². The number of ether oxygens (including phenoxy) is 5. The molecule has 630 valence electrons. The van der Waals surface area contributed by atoms with E-state index in [-0.39, 0.29) is 142 Å². The molecule has 0 bridgehead atoms. The van der Waals surface area contributed by atoms with Gasteiger partial charge in [-0.3, -0.25) is 62.5 Å². The monoisotopic (exact) mass is 1610 g/mol. The summed E-state index contributed by atoms with van der Waals surface area (Å²) in [6.07, 6.45) is -1.21. The fourth-order valence-electron chi connectivity index (χ4n) is 14.1. The lowest BCUT2D eigenvalue weighted by atomic mass is 9.89. The number of carbonyl (C=O) groups is 14. The minimum absolute atomic E-state index is 0.0183. The molecule has 3 fully saturated rings. The molecule has 13 amide bonds. The van der Waals surface area contributed by atoms with Crippen molar-refractivity contribution in [2.75, 3.05) is 92.8 Å². The van der Waals surface area contributed by atoms with Gasteiger partial charge in [0.05, 0.1) is 74.5 Å². The highest BCUT2D eigenvalue weighted by molar-refractivity contribution is 8.00. The molecule has 2 aliphatic heterocycles. The van der Waals surface area contributed by atoms with E-state index in [1.807, 2.05) is 41.5 Å². The van der Waals surface area contributed by atoms with Crippen molar-refractivity contribution in [3.05, 3.63) is 59.4 Å². The maximum absolute atomic E-state index is 15.0. The number of alkyl carbamates (subject to hydrolysis) is 2. The molecular weight excluding hydrogens is 1490 g/mol. The van der Waals surface area contributed by atoms with E-state index < -0.39 is 144 Å². The summed E-state index contributed by atoms with van der Waals surface area (Å²) >= 11 is 1.34. The zero-order chi connectivity index (χ0) is 84.1. The van der Waals surface area contributed by atoms with E-state index >= 15 is 4.79 Å². The van der Waals surface area contributed by atoms with Crippen LogP contribution in [0, 0.1) is 40.8 Å². The summed E-state index contributed by atoms with van der Waals surface area (Å²) in [6, 6.07) is 3.82. The molecule has 0 aromatic heterocycles. The summed E-state index contributed by atoms with van der Waals surface area (Å²) in [5.41, 5.74) is 5.73. The van der Waals surface area contributed by atoms with Crippen LogP contribution in [0.25, 0.3) is 0 Å². The Morgan fingerprint density at radius 2 is 1.41 bits per heavy atom. The van der Waals surface area contributed by atoms with Gasteiger partial charge in [0.15, 0.2) is 17.3 Å². The third-order valence-electron chi connectivity index (χ3n) is 20.8. The Morgan fingerprint density at radius 3 is 1.98 bits per heavy atom. The first-order chi connectivity index (χ1) is 53.4. The average Bonchev–Trinajstić information content (AvgIpc) is 1.72. The smallest absolute Gasteiger partial charge is 0.407 e. The van der Waals surface area contributed by atoms with Crippen molar-refractivity contribution < 1.29 is 100 Å². The number of imide groups is 1. The number of rotatable bonds is 48. The highest BCUT2D eigenvalue weighted by atomic mass is 32.2. The van der Waals surface area contributed by atoms with Crippen LogP contribution in [0.2, 0.25) is 0 Å². The number of hydrogen-bond acceptors (Lipinski definition) is 21. The number of unbranched alkanes of at least 4 members (excludes halogenated alkanes) is 2. The van der Waals surface area contributed by atoms with Crippen LogP contribution in [-0.2, 0) is 73.5 Å². The second kappa shape index (κ2) is 45.6. The van der Waals surface area contributed by atoms with E-state index in [1.165, 1.54) is 59.9 Å². The zero-order valence-electron chi connectivity index (χ0n) is 67.9. The van der Waals surface area contributed by atoms with Crippen molar-refractivity contribution >= 4 is 101 Å². The molecule has 113 heavy (non-hydrogen) atoms. The number of benzene rings is 2. The Kier molecular flexibility index (Phi) is 38.1. The quantitative estimate of drug-likeness (QED) is 0.0234. The zero-order valence-corrected chi connectivity index (χ0v) is 68.7. The average molecular weight is 1610 g/mol. The standard InChI is InChI=1S/C78H120FN13O20S/c1-16-47(8)67(90(12)74(104)65(45(4)5)88-72(102)66(46(6)7)89(10)11)58(109-14)37-61(95)92-41-52(36-55(92)68(110-15)48(9)69(99)84-40-56(93)50-25-28-57(108-13)53(79)35-50)112-77(107)83-33-32-82-76(106)111-42-49-23-26-51(27-24-49)85-70(100)54(21-20-31-81-75(80)105)86-71(101)64(44(2)3)87-60(94)22-18-17-19-34-91-62(96)38-59(73(91)103)113-43-78(29-30-78)39-63(97)98/h23-28,35,44-48,52,54-55,58-59,64-68H,16-22,29-34,36-43H2,1-15H3,(H,82,106)(H,83,107)(H,84,99)(H,85,100)(H,86,101)(H,87,94)(H,88,102)(H,97,98)(H3,80,81,105)/t47-,48+,52-,54-,55-,58?,59?,64-,65-,66?,67?,68+/m0/s1. The number of Topliss-reactive ketones (excluding diaryl/α,β-unsaturated/α-hetero) is 1. The summed E-state index contributed by atoms with van der Waals surface area (Å²) in [7, 11) is 9.25. The third kappa shape index (κ3) is 29.0. The number of urea groups is 1. The lowest BCUT2D eigenvalue weighted by Crippen LogP contribution is -2.59. The number of nitrogens with one attached hydrogen (secondary N) is 8. The predicted molar refractivity (Wildman–Crippen MR) is 418 cm³/mol. The largest absolute Gasteiger partial charge is 0.494 e. The number of carboxylic acid groups (broad SMARTS) is 1. The molecule has 2 aromatic carbocycles. The second-order valence-corrected chi connectivity index (χ2v) is 31.9. The number of nitrogens with two attached hydrogens (primary N) is 1. The van der Waals surface area contributed by atoms with Crippen molar-refractivity contribution in [1.29, 1.82) is 0 Å². The van der Waals surface area contributed by atoms with Crippen LogP contribution < -0.4 is 53.0 Å². The number of likely N-dealkylation sites (tertiary alicyclic amines) is 2. The van der Waals surface area contributed by atoms with Gasteiger partial charge in [-0.1, -0.05) is 87.3 Å². The Balaban J connectivity index is 1.16. The van der Waals surface area contributed by atoms with Crippen molar-refractivity contribution in [3.63, 3.8) is 0 Å². The molecular formula is C78H120FN13O20S. The van der Waals surface area contributed by atoms with Gasteiger partial charge in [0, 0.05) is 83.7 Å². The Labute approximate surface area is 665 Å². The minimum atomic E-state index is -1.15. The number of aliphatic carboxylic acids is 1. The number of amides is 13. The molecule has 35 heteroatoms. The highest BCUT2D eigenvalue weighted by Gasteiger charge is 2.49. The molecule has 1 aliphatic carbocycles. The van der Waals surface area contributed by atoms with Gasteiger partial charge < -0.3 is 86.9 Å². The van der Waals surface area contributed by atoms with Crippen LogP contribution in [0.15, 0.2) is 42.5 Å². The van der Waals surface area contributed by atoms with Gasteiger partial charge in [0.25, 0.3) is 0 Å². The van der Waals surface area contributed by atoms with Gasteiger partial charge >= 0.3 is 24.2 Å². The number of ketones is 1. The molecule has 33 nitrogen and oxygen atoms in total. The van der Waals surface area contributed by atoms with E-state index in [4.69, 9.17) is 29.4 Å². The van der Waals surface area contributed by atoms with E-state index in [0.29, 0.717) is 42.7 Å². The number of primary amides is 1. The molecule has 3 aliphatic rings. The van der Waals surface area contributed by atoms with Crippen LogP contribution in [0.4, 0.5) is 24.5 Å². The Bertz CT molecular complexity index is 3600. The Hall–Kier alpha value is -9.22. The van der Waals surface area contributed by atoms with Gasteiger partial charge in [-0.25, -0.2) is 18.8 Å². The number of likely N-dealkylation sites (N-methyl/N-ethyl adjacent to an activating group) is 2. The number of carbonyl (C=O) groups excluding carboxylic acids is 13. The fraction of sp³-hybridized carbons (Fsp3) is 0.667. The molecule has 2 heterocycles. The van der Waals surface area contributed by atoms with E-state index in [1.54, 1.807) is 71.1 Å². The van der Waals surface area contributed by atoms with E-state index in [9.17, 15) is 71.8 Å². The second-order valence-electron chi connectivity index (χ2n) is 30.7. The molecule has 5 rings (SSSR count). The summed E-state index contributed by atoms with van der Waals surface area (Å²) < 4.78 is 42.9. The number of nitrogens with zero attached hydrogens (tertiary/aromatic N) is 4. The van der Waals surface area contributed by atoms with Crippen LogP contribution in [0.5, 0.6) is 5.75 Å². The molecule has 2 aromatic rings. The van der Waals surface area contributed by atoms with Gasteiger partial charge in [-0.2, -0.15) is 0 Å². The number of anilines is 1.